The predicted molar refractivity (Wildman–Crippen MR) is 185 cm³/mol. The molecule has 4 aromatic heterocycles. The number of hydrogen-bond donors (Lipinski definition) is 4. The van der Waals surface area contributed by atoms with Crippen molar-refractivity contribution in [2.24, 2.45) is 0 Å². The summed E-state index contributed by atoms with van der Waals surface area (Å²) in [5.74, 6) is -0.893. The minimum atomic E-state index is -0.223. The average molecular weight is 645 g/mol. The Labute approximate surface area is 278 Å². The van der Waals surface area contributed by atoms with Crippen LogP contribution in [-0.4, -0.2) is 69.7 Å². The lowest BCUT2D eigenvalue weighted by Gasteiger charge is -2.03. The Kier molecular flexibility index (Phi) is 16.5. The van der Waals surface area contributed by atoms with Crippen molar-refractivity contribution in [3.63, 3.8) is 0 Å². The van der Waals surface area contributed by atoms with Crippen molar-refractivity contribution < 1.29 is 19.2 Å². The normalized spacial score (nSPS) is 10.8. The van der Waals surface area contributed by atoms with E-state index in [9.17, 15) is 19.2 Å². The highest BCUT2D eigenvalue weighted by atomic mass is 16.2. The van der Waals surface area contributed by atoms with E-state index in [2.05, 4.69) is 41.2 Å². The Balaban J connectivity index is 0.000000260. The van der Waals surface area contributed by atoms with Crippen molar-refractivity contribution >= 4 is 47.9 Å². The number of nitrogens with zero attached hydrogens (tertiary/aromatic N) is 4. The molecule has 0 bridgehead atoms. The molecule has 4 heterocycles. The number of aromatic nitrogens is 4. The molecule has 0 saturated carbocycles. The van der Waals surface area contributed by atoms with E-state index in [0.717, 1.165) is 22.3 Å². The SMILES string of the molecule is O=C(/C=C/c1cccnc1)NCCNC(=O)/C=C/c1cccnc1.O=C(/C=C/c1cccnc1)NCCNC(=O)/C=C/c1cccnc1. The molecule has 0 aliphatic carbocycles. The van der Waals surface area contributed by atoms with Crippen LogP contribution in [0.1, 0.15) is 22.3 Å². The van der Waals surface area contributed by atoms with Gasteiger partial charge in [-0.25, -0.2) is 0 Å². The van der Waals surface area contributed by atoms with Gasteiger partial charge in [0.2, 0.25) is 23.6 Å². The molecular weight excluding hydrogens is 608 g/mol. The molecule has 0 aliphatic heterocycles. The molecule has 4 rings (SSSR count). The molecule has 0 unspecified atom stereocenters. The second kappa shape index (κ2) is 22.0. The van der Waals surface area contributed by atoms with Crippen molar-refractivity contribution in [1.29, 1.82) is 0 Å². The lowest BCUT2D eigenvalue weighted by molar-refractivity contribution is -0.118. The summed E-state index contributed by atoms with van der Waals surface area (Å²) in [7, 11) is 0. The van der Waals surface area contributed by atoms with Gasteiger partial charge in [0, 0.05) is 100 Å². The maximum Gasteiger partial charge on any atom is 0.244 e. The Hall–Kier alpha value is -6.56. The number of rotatable bonds is 14. The van der Waals surface area contributed by atoms with E-state index in [4.69, 9.17) is 0 Å². The molecule has 12 heteroatoms. The fraction of sp³-hybridized carbons (Fsp3) is 0.111. The highest BCUT2D eigenvalue weighted by Gasteiger charge is 1.99. The van der Waals surface area contributed by atoms with E-state index in [0.29, 0.717) is 26.2 Å². The topological polar surface area (TPSA) is 168 Å². The Bertz CT molecular complexity index is 1420. The highest BCUT2D eigenvalue weighted by Crippen LogP contribution is 2.00. The minimum absolute atomic E-state index is 0.223. The first kappa shape index (κ1) is 35.9. The fourth-order valence-corrected chi connectivity index (χ4v) is 3.56. The standard InChI is InChI=1S/2C18H18N4O2/c2*23-17(7-5-15-3-1-9-19-13-15)21-11-12-22-18(24)8-6-16-4-2-10-20-14-16/h2*1-10,13-14H,11-12H2,(H,21,23)(H,22,24)/b2*7-5+,8-6+. The molecule has 244 valence electrons. The van der Waals surface area contributed by atoms with Gasteiger partial charge in [0.15, 0.2) is 0 Å². The smallest absolute Gasteiger partial charge is 0.244 e. The number of pyridine rings is 4. The van der Waals surface area contributed by atoms with Crippen LogP contribution in [0.2, 0.25) is 0 Å². The third kappa shape index (κ3) is 16.5. The highest BCUT2D eigenvalue weighted by molar-refractivity contribution is 5.93. The summed E-state index contributed by atoms with van der Waals surface area (Å²) in [4.78, 5) is 62.3. The zero-order valence-corrected chi connectivity index (χ0v) is 26.1. The monoisotopic (exact) mass is 644 g/mol. The second-order valence-electron chi connectivity index (χ2n) is 9.64. The molecule has 0 fully saturated rings. The van der Waals surface area contributed by atoms with Crippen LogP contribution in [0.25, 0.3) is 24.3 Å². The minimum Gasteiger partial charge on any atom is -0.351 e. The first-order chi connectivity index (χ1) is 23.5. The summed E-state index contributed by atoms with van der Waals surface area (Å²) in [6, 6.07) is 14.6. The van der Waals surface area contributed by atoms with Crippen LogP contribution < -0.4 is 21.3 Å². The van der Waals surface area contributed by atoms with Gasteiger partial charge in [-0.15, -0.1) is 0 Å². The Morgan fingerprint density at radius 2 is 0.646 bits per heavy atom. The molecule has 0 saturated heterocycles. The average Bonchev–Trinajstić information content (AvgIpc) is 3.13. The van der Waals surface area contributed by atoms with Gasteiger partial charge in [0.25, 0.3) is 0 Å². The van der Waals surface area contributed by atoms with Crippen molar-refractivity contribution in [2.75, 3.05) is 26.2 Å². The van der Waals surface area contributed by atoms with E-state index in [1.165, 1.54) is 24.3 Å². The quantitative estimate of drug-likeness (QED) is 0.120. The first-order valence-electron chi connectivity index (χ1n) is 14.9. The maximum atomic E-state index is 11.6. The number of amides is 4. The van der Waals surface area contributed by atoms with E-state index in [1.54, 1.807) is 98.1 Å². The number of hydrogen-bond acceptors (Lipinski definition) is 8. The van der Waals surface area contributed by atoms with E-state index >= 15 is 0 Å². The molecule has 0 aliphatic rings. The van der Waals surface area contributed by atoms with E-state index < -0.39 is 0 Å². The van der Waals surface area contributed by atoms with Crippen molar-refractivity contribution in [1.82, 2.24) is 41.2 Å². The third-order valence-corrected chi connectivity index (χ3v) is 5.89. The molecule has 4 amide bonds. The third-order valence-electron chi connectivity index (χ3n) is 5.89. The van der Waals surface area contributed by atoms with E-state index in [1.807, 2.05) is 24.3 Å². The van der Waals surface area contributed by atoms with Gasteiger partial charge < -0.3 is 21.3 Å². The Morgan fingerprint density at radius 1 is 0.417 bits per heavy atom. The molecule has 0 aromatic carbocycles. The number of nitrogens with one attached hydrogen (secondary N) is 4. The van der Waals surface area contributed by atoms with Crippen molar-refractivity contribution in [3.8, 4) is 0 Å². The number of carbonyl (C=O) groups excluding carboxylic acids is 4. The summed E-state index contributed by atoms with van der Waals surface area (Å²) in [6.45, 7) is 1.40. The first-order valence-corrected chi connectivity index (χ1v) is 14.9. The summed E-state index contributed by atoms with van der Waals surface area (Å²) < 4.78 is 0. The van der Waals surface area contributed by atoms with E-state index in [-0.39, 0.29) is 23.6 Å². The molecule has 4 N–H and O–H groups in total. The summed E-state index contributed by atoms with van der Waals surface area (Å²) in [5.41, 5.74) is 3.39. The van der Waals surface area contributed by atoms with Gasteiger partial charge in [0.1, 0.15) is 0 Å². The second-order valence-corrected chi connectivity index (χ2v) is 9.64. The summed E-state index contributed by atoms with van der Waals surface area (Å²) in [6.07, 6.45) is 25.8. The van der Waals surface area contributed by atoms with Gasteiger partial charge in [-0.05, 0) is 70.8 Å². The molecule has 0 spiro atoms. The zero-order chi connectivity index (χ0) is 34.1. The lowest BCUT2D eigenvalue weighted by Crippen LogP contribution is -2.33. The van der Waals surface area contributed by atoms with Gasteiger partial charge >= 0.3 is 0 Å². The van der Waals surface area contributed by atoms with Gasteiger partial charge in [-0.2, -0.15) is 0 Å². The Morgan fingerprint density at radius 3 is 0.833 bits per heavy atom. The van der Waals surface area contributed by atoms with Crippen LogP contribution in [0.3, 0.4) is 0 Å². The molecule has 12 nitrogen and oxygen atoms in total. The predicted octanol–water partition coefficient (Wildman–Crippen LogP) is 2.87. The van der Waals surface area contributed by atoms with Gasteiger partial charge in [-0.1, -0.05) is 24.3 Å². The number of carbonyl (C=O) groups is 4. The van der Waals surface area contributed by atoms with Crippen molar-refractivity contribution in [3.05, 3.63) is 145 Å². The molecule has 48 heavy (non-hydrogen) atoms. The summed E-state index contributed by atoms with van der Waals surface area (Å²) in [5, 5.41) is 10.7. The molecular formula is C36H36N8O4. The van der Waals surface area contributed by atoms with Crippen LogP contribution in [0, 0.1) is 0 Å². The largest absolute Gasteiger partial charge is 0.351 e. The van der Waals surface area contributed by atoms with Crippen molar-refractivity contribution in [2.45, 2.75) is 0 Å². The van der Waals surface area contributed by atoms with Gasteiger partial charge in [-0.3, -0.25) is 39.1 Å². The zero-order valence-electron chi connectivity index (χ0n) is 26.1. The fourth-order valence-electron chi connectivity index (χ4n) is 3.56. The molecule has 4 aromatic rings. The van der Waals surface area contributed by atoms with Crippen LogP contribution in [0.5, 0.6) is 0 Å². The van der Waals surface area contributed by atoms with Gasteiger partial charge in [0.05, 0.1) is 0 Å². The molecule has 0 radical (unpaired) electrons. The van der Waals surface area contributed by atoms with Crippen LogP contribution >= 0.6 is 0 Å². The van der Waals surface area contributed by atoms with Crippen LogP contribution in [0.15, 0.2) is 122 Å². The van der Waals surface area contributed by atoms with Crippen LogP contribution in [0.4, 0.5) is 0 Å². The van der Waals surface area contributed by atoms with Crippen LogP contribution in [-0.2, 0) is 19.2 Å². The summed E-state index contributed by atoms with van der Waals surface area (Å²) >= 11 is 0. The molecule has 0 atom stereocenters. The maximum absolute atomic E-state index is 11.6. The lowest BCUT2D eigenvalue weighted by atomic mass is 10.2.